The maximum atomic E-state index is 11.0. The normalized spacial score (nSPS) is 30.6. The summed E-state index contributed by atoms with van der Waals surface area (Å²) in [5.74, 6) is 0. The molecule has 1 aliphatic rings. The van der Waals surface area contributed by atoms with Gasteiger partial charge in [-0.3, -0.25) is 0 Å². The summed E-state index contributed by atoms with van der Waals surface area (Å²) in [5.41, 5.74) is 1.01. The second kappa shape index (κ2) is 5.73. The first-order valence-electron chi connectivity index (χ1n) is 8.12. The molecule has 0 unspecified atom stereocenters. The SMILES string of the molecule is CN(C)C1(Cc2ccccc2)CCC(O)(C(C)(C)C)CC1. The van der Waals surface area contributed by atoms with Crippen molar-refractivity contribution in [3.05, 3.63) is 35.9 Å². The average Bonchev–Trinajstić information content (AvgIpc) is 2.41. The summed E-state index contributed by atoms with van der Waals surface area (Å²) in [4.78, 5) is 2.38. The predicted molar refractivity (Wildman–Crippen MR) is 89.4 cm³/mol. The summed E-state index contributed by atoms with van der Waals surface area (Å²) in [6.45, 7) is 6.48. The second-order valence-corrected chi connectivity index (χ2v) is 8.06. The average molecular weight is 289 g/mol. The molecular formula is C19H31NO. The monoisotopic (exact) mass is 289 g/mol. The molecule has 0 aromatic heterocycles. The van der Waals surface area contributed by atoms with Crippen molar-refractivity contribution in [2.75, 3.05) is 14.1 Å². The Hall–Kier alpha value is -0.860. The number of hydrogen-bond acceptors (Lipinski definition) is 2. The van der Waals surface area contributed by atoms with E-state index in [-0.39, 0.29) is 11.0 Å². The molecule has 1 saturated carbocycles. The zero-order valence-corrected chi connectivity index (χ0v) is 14.3. The Labute approximate surface area is 130 Å². The maximum absolute atomic E-state index is 11.0. The van der Waals surface area contributed by atoms with E-state index in [1.807, 2.05) is 0 Å². The molecule has 2 nitrogen and oxygen atoms in total. The summed E-state index contributed by atoms with van der Waals surface area (Å²) < 4.78 is 0. The Bertz CT molecular complexity index is 450. The lowest BCUT2D eigenvalue weighted by Crippen LogP contribution is -2.55. The molecule has 0 amide bonds. The number of hydrogen-bond donors (Lipinski definition) is 1. The van der Waals surface area contributed by atoms with Crippen LogP contribution in [0.15, 0.2) is 30.3 Å². The molecule has 118 valence electrons. The molecule has 1 fully saturated rings. The van der Waals surface area contributed by atoms with Gasteiger partial charge in [-0.25, -0.2) is 0 Å². The smallest absolute Gasteiger partial charge is 0.0697 e. The van der Waals surface area contributed by atoms with E-state index in [2.05, 4.69) is 70.1 Å². The number of nitrogens with zero attached hydrogens (tertiary/aromatic N) is 1. The molecule has 21 heavy (non-hydrogen) atoms. The topological polar surface area (TPSA) is 23.5 Å². The lowest BCUT2D eigenvalue weighted by atomic mass is 9.62. The van der Waals surface area contributed by atoms with Crippen molar-refractivity contribution in [3.63, 3.8) is 0 Å². The van der Waals surface area contributed by atoms with Gasteiger partial charge in [0.15, 0.2) is 0 Å². The van der Waals surface area contributed by atoms with Gasteiger partial charge in [0.1, 0.15) is 0 Å². The highest BCUT2D eigenvalue weighted by atomic mass is 16.3. The minimum Gasteiger partial charge on any atom is -0.389 e. The summed E-state index contributed by atoms with van der Waals surface area (Å²) in [6, 6.07) is 10.7. The first-order chi connectivity index (χ1) is 9.69. The lowest BCUT2D eigenvalue weighted by molar-refractivity contribution is -0.111. The molecule has 0 atom stereocenters. The number of likely N-dealkylation sites (N-methyl/N-ethyl adjacent to an activating group) is 1. The van der Waals surface area contributed by atoms with Crippen LogP contribution in [-0.4, -0.2) is 35.2 Å². The van der Waals surface area contributed by atoms with Crippen molar-refractivity contribution in [2.24, 2.45) is 5.41 Å². The van der Waals surface area contributed by atoms with Crippen LogP contribution in [0.25, 0.3) is 0 Å². The minimum absolute atomic E-state index is 0.0434. The molecule has 1 aromatic rings. The summed E-state index contributed by atoms with van der Waals surface area (Å²) in [5, 5.41) is 11.0. The quantitative estimate of drug-likeness (QED) is 0.913. The molecule has 1 aromatic carbocycles. The molecule has 0 saturated heterocycles. The van der Waals surface area contributed by atoms with Crippen LogP contribution in [0.3, 0.4) is 0 Å². The van der Waals surface area contributed by atoms with Gasteiger partial charge in [0, 0.05) is 5.54 Å². The van der Waals surface area contributed by atoms with Gasteiger partial charge in [0.25, 0.3) is 0 Å². The van der Waals surface area contributed by atoms with E-state index < -0.39 is 5.60 Å². The molecule has 0 heterocycles. The van der Waals surface area contributed by atoms with Gasteiger partial charge >= 0.3 is 0 Å². The molecule has 2 rings (SSSR count). The fourth-order valence-corrected chi connectivity index (χ4v) is 3.64. The van der Waals surface area contributed by atoms with E-state index in [0.29, 0.717) is 0 Å². The van der Waals surface area contributed by atoms with E-state index in [4.69, 9.17) is 0 Å². The highest BCUT2D eigenvalue weighted by Crippen LogP contribution is 2.47. The molecular weight excluding hydrogens is 258 g/mol. The maximum Gasteiger partial charge on any atom is 0.0697 e. The van der Waals surface area contributed by atoms with Crippen molar-refractivity contribution >= 4 is 0 Å². The number of benzene rings is 1. The molecule has 2 heteroatoms. The van der Waals surface area contributed by atoms with Crippen LogP contribution in [0, 0.1) is 5.41 Å². The molecule has 0 bridgehead atoms. The second-order valence-electron chi connectivity index (χ2n) is 8.06. The Morgan fingerprint density at radius 1 is 1.00 bits per heavy atom. The highest BCUT2D eigenvalue weighted by Gasteiger charge is 2.48. The number of rotatable bonds is 3. The van der Waals surface area contributed by atoms with E-state index in [9.17, 15) is 5.11 Å². The van der Waals surface area contributed by atoms with Crippen molar-refractivity contribution < 1.29 is 5.11 Å². The van der Waals surface area contributed by atoms with Crippen LogP contribution in [0.2, 0.25) is 0 Å². The van der Waals surface area contributed by atoms with Crippen LogP contribution >= 0.6 is 0 Å². The van der Waals surface area contributed by atoms with Crippen molar-refractivity contribution in [1.82, 2.24) is 4.90 Å². The van der Waals surface area contributed by atoms with Crippen LogP contribution in [0.4, 0.5) is 0 Å². The molecule has 0 radical (unpaired) electrons. The van der Waals surface area contributed by atoms with Gasteiger partial charge in [-0.1, -0.05) is 51.1 Å². The van der Waals surface area contributed by atoms with Gasteiger partial charge in [-0.15, -0.1) is 0 Å². The van der Waals surface area contributed by atoms with E-state index >= 15 is 0 Å². The zero-order valence-electron chi connectivity index (χ0n) is 14.3. The van der Waals surface area contributed by atoms with Crippen LogP contribution in [0.1, 0.15) is 52.0 Å². The Kier molecular flexibility index (Phi) is 4.51. The standard InChI is InChI=1S/C19H31NO/c1-17(2,3)19(21)13-11-18(12-14-19,20(4)5)15-16-9-7-6-8-10-16/h6-10,21H,11-15H2,1-5H3. The summed E-state index contributed by atoms with van der Waals surface area (Å²) >= 11 is 0. The first-order valence-corrected chi connectivity index (χ1v) is 8.12. The van der Waals surface area contributed by atoms with Crippen LogP contribution < -0.4 is 0 Å². The summed E-state index contributed by atoms with van der Waals surface area (Å²) in [7, 11) is 4.37. The molecule has 1 N–H and O–H groups in total. The summed E-state index contributed by atoms with van der Waals surface area (Å²) in [6.07, 6.45) is 4.97. The van der Waals surface area contributed by atoms with Gasteiger partial charge in [0.2, 0.25) is 0 Å². The van der Waals surface area contributed by atoms with E-state index in [0.717, 1.165) is 32.1 Å². The van der Waals surface area contributed by atoms with Gasteiger partial charge in [-0.2, -0.15) is 0 Å². The van der Waals surface area contributed by atoms with Crippen molar-refractivity contribution in [3.8, 4) is 0 Å². The zero-order chi connectivity index (χ0) is 15.7. The fraction of sp³-hybridized carbons (Fsp3) is 0.684. The van der Waals surface area contributed by atoms with Crippen LogP contribution in [0.5, 0.6) is 0 Å². The molecule has 1 aliphatic carbocycles. The van der Waals surface area contributed by atoms with E-state index in [1.165, 1.54) is 5.56 Å². The van der Waals surface area contributed by atoms with Gasteiger partial charge < -0.3 is 10.0 Å². The Balaban J connectivity index is 2.16. The third-order valence-electron chi connectivity index (χ3n) is 5.73. The van der Waals surface area contributed by atoms with Gasteiger partial charge in [-0.05, 0) is 57.2 Å². The third-order valence-corrected chi connectivity index (χ3v) is 5.73. The predicted octanol–water partition coefficient (Wildman–Crippen LogP) is 3.88. The van der Waals surface area contributed by atoms with Crippen molar-refractivity contribution in [1.29, 1.82) is 0 Å². The van der Waals surface area contributed by atoms with Gasteiger partial charge in [0.05, 0.1) is 5.60 Å². The van der Waals surface area contributed by atoms with E-state index in [1.54, 1.807) is 0 Å². The first kappa shape index (κ1) is 16.5. The Morgan fingerprint density at radius 3 is 1.95 bits per heavy atom. The fourth-order valence-electron chi connectivity index (χ4n) is 3.64. The highest BCUT2D eigenvalue weighted by molar-refractivity contribution is 5.19. The van der Waals surface area contributed by atoms with Crippen molar-refractivity contribution in [2.45, 2.75) is 64.0 Å². The largest absolute Gasteiger partial charge is 0.389 e. The number of aliphatic hydroxyl groups is 1. The third kappa shape index (κ3) is 3.32. The Morgan fingerprint density at radius 2 is 1.52 bits per heavy atom. The minimum atomic E-state index is -0.525. The lowest BCUT2D eigenvalue weighted by Gasteiger charge is -2.52. The van der Waals surface area contributed by atoms with Crippen LogP contribution in [-0.2, 0) is 6.42 Å². The molecule has 0 spiro atoms. The molecule has 0 aliphatic heterocycles.